The van der Waals surface area contributed by atoms with Crippen LogP contribution in [0.15, 0.2) is 28.1 Å². The van der Waals surface area contributed by atoms with Crippen molar-refractivity contribution in [3.63, 3.8) is 0 Å². The van der Waals surface area contributed by atoms with Crippen molar-refractivity contribution in [1.82, 2.24) is 9.97 Å². The summed E-state index contributed by atoms with van der Waals surface area (Å²) < 4.78 is 1.07. The van der Waals surface area contributed by atoms with Crippen molar-refractivity contribution >= 4 is 61.5 Å². The summed E-state index contributed by atoms with van der Waals surface area (Å²) >= 11 is 17.0. The molecule has 2 heterocycles. The molecule has 0 saturated carbocycles. The number of fused-ring (bicyclic) bond motifs is 1. The van der Waals surface area contributed by atoms with E-state index in [-0.39, 0.29) is 0 Å². The molecule has 1 N–H and O–H groups in total. The van der Waals surface area contributed by atoms with Crippen LogP contribution in [0.5, 0.6) is 0 Å². The summed E-state index contributed by atoms with van der Waals surface area (Å²) in [5.41, 5.74) is 1.71. The first-order chi connectivity index (χ1) is 8.13. The van der Waals surface area contributed by atoms with Crippen LogP contribution >= 0.6 is 50.5 Å². The molecule has 1 aromatic carbocycles. The second-order valence-electron chi connectivity index (χ2n) is 3.47. The molecule has 6 heteroatoms. The fourth-order valence-corrected chi connectivity index (χ4v) is 3.22. The number of imidazole rings is 1. The normalized spacial score (nSPS) is 11.2. The van der Waals surface area contributed by atoms with Crippen LogP contribution < -0.4 is 0 Å². The number of rotatable bonds is 1. The Morgan fingerprint density at radius 2 is 1.94 bits per heavy atom. The molecular formula is C11H5BrCl2N2S. The first kappa shape index (κ1) is 11.5. The summed E-state index contributed by atoms with van der Waals surface area (Å²) in [6.45, 7) is 0. The number of nitrogens with zero attached hydrogens (tertiary/aromatic N) is 1. The minimum Gasteiger partial charge on any atom is -0.337 e. The summed E-state index contributed by atoms with van der Waals surface area (Å²) in [4.78, 5) is 8.79. The van der Waals surface area contributed by atoms with Crippen LogP contribution in [-0.4, -0.2) is 9.97 Å². The van der Waals surface area contributed by atoms with E-state index in [0.29, 0.717) is 10.0 Å². The van der Waals surface area contributed by atoms with Gasteiger partial charge in [0.25, 0.3) is 0 Å². The molecule has 0 amide bonds. The third kappa shape index (κ3) is 2.10. The van der Waals surface area contributed by atoms with E-state index in [1.165, 1.54) is 0 Å². The highest BCUT2D eigenvalue weighted by molar-refractivity contribution is 9.11. The predicted molar refractivity (Wildman–Crippen MR) is 77.1 cm³/mol. The highest BCUT2D eigenvalue weighted by Crippen LogP contribution is 2.32. The molecule has 2 nitrogen and oxygen atoms in total. The molecule has 0 unspecified atom stereocenters. The van der Waals surface area contributed by atoms with E-state index in [9.17, 15) is 0 Å². The number of aromatic nitrogens is 2. The molecule has 0 spiro atoms. The van der Waals surface area contributed by atoms with Gasteiger partial charge in [-0.2, -0.15) is 0 Å². The van der Waals surface area contributed by atoms with Crippen molar-refractivity contribution in [3.05, 3.63) is 38.1 Å². The van der Waals surface area contributed by atoms with Crippen molar-refractivity contribution in [2.24, 2.45) is 0 Å². The number of thiophene rings is 1. The maximum absolute atomic E-state index is 5.96. The zero-order chi connectivity index (χ0) is 12.0. The highest BCUT2D eigenvalue weighted by atomic mass is 79.9. The lowest BCUT2D eigenvalue weighted by Gasteiger charge is -1.93. The molecule has 0 bridgehead atoms. The average Bonchev–Trinajstić information content (AvgIpc) is 2.85. The number of hydrogen-bond acceptors (Lipinski definition) is 2. The van der Waals surface area contributed by atoms with E-state index in [4.69, 9.17) is 23.2 Å². The summed E-state index contributed by atoms with van der Waals surface area (Å²) in [6.07, 6.45) is 0. The Morgan fingerprint density at radius 1 is 1.18 bits per heavy atom. The predicted octanol–water partition coefficient (Wildman–Crippen LogP) is 5.36. The molecule has 0 aliphatic carbocycles. The highest BCUT2D eigenvalue weighted by Gasteiger charge is 2.09. The number of aromatic amines is 1. The molecular weight excluding hydrogens is 343 g/mol. The van der Waals surface area contributed by atoms with Crippen LogP contribution in [0.25, 0.3) is 21.7 Å². The molecule has 0 aliphatic rings. The van der Waals surface area contributed by atoms with E-state index >= 15 is 0 Å². The molecule has 17 heavy (non-hydrogen) atoms. The fraction of sp³-hybridized carbons (Fsp3) is 0. The molecule has 3 aromatic rings. The van der Waals surface area contributed by atoms with Gasteiger partial charge in [0, 0.05) is 0 Å². The quantitative estimate of drug-likeness (QED) is 0.630. The van der Waals surface area contributed by atoms with E-state index in [1.54, 1.807) is 23.5 Å². The van der Waals surface area contributed by atoms with Gasteiger partial charge in [-0.15, -0.1) is 11.3 Å². The molecule has 0 saturated heterocycles. The Labute approximate surface area is 120 Å². The van der Waals surface area contributed by atoms with Crippen molar-refractivity contribution < 1.29 is 0 Å². The Balaban J connectivity index is 2.19. The number of H-pyrrole nitrogens is 1. The summed E-state index contributed by atoms with van der Waals surface area (Å²) in [6, 6.07) is 7.56. The molecule has 86 valence electrons. The van der Waals surface area contributed by atoms with Crippen LogP contribution in [0.4, 0.5) is 0 Å². The second kappa shape index (κ2) is 4.28. The van der Waals surface area contributed by atoms with Crippen LogP contribution in [0, 0.1) is 0 Å². The Kier molecular flexibility index (Phi) is 2.91. The van der Waals surface area contributed by atoms with Gasteiger partial charge in [0.15, 0.2) is 0 Å². The van der Waals surface area contributed by atoms with Crippen LogP contribution in [0.2, 0.25) is 10.0 Å². The minimum absolute atomic E-state index is 0.518. The third-order valence-electron chi connectivity index (χ3n) is 2.33. The zero-order valence-corrected chi connectivity index (χ0v) is 12.2. The first-order valence-electron chi connectivity index (χ1n) is 4.74. The minimum atomic E-state index is 0.518. The lowest BCUT2D eigenvalue weighted by atomic mass is 10.3. The van der Waals surface area contributed by atoms with Gasteiger partial charge in [-0.1, -0.05) is 23.2 Å². The topological polar surface area (TPSA) is 28.7 Å². The van der Waals surface area contributed by atoms with Gasteiger partial charge in [0.05, 0.1) is 29.7 Å². The van der Waals surface area contributed by atoms with Gasteiger partial charge in [-0.05, 0) is 40.2 Å². The van der Waals surface area contributed by atoms with Crippen molar-refractivity contribution in [1.29, 1.82) is 0 Å². The third-order valence-corrected chi connectivity index (χ3v) is 4.68. The maximum Gasteiger partial charge on any atom is 0.148 e. The maximum atomic E-state index is 5.96. The number of halogens is 3. The number of benzene rings is 1. The summed E-state index contributed by atoms with van der Waals surface area (Å²) in [7, 11) is 0. The van der Waals surface area contributed by atoms with Gasteiger partial charge < -0.3 is 4.98 Å². The number of hydrogen-bond donors (Lipinski definition) is 1. The largest absolute Gasteiger partial charge is 0.337 e. The Morgan fingerprint density at radius 3 is 2.65 bits per heavy atom. The van der Waals surface area contributed by atoms with Gasteiger partial charge in [0.1, 0.15) is 5.82 Å². The van der Waals surface area contributed by atoms with Gasteiger partial charge in [0.2, 0.25) is 0 Å². The van der Waals surface area contributed by atoms with E-state index in [1.807, 2.05) is 12.1 Å². The standard InChI is InChI=1S/C11H5BrCl2N2S/c12-10-2-1-9(17-10)11-15-7-3-5(13)6(14)4-8(7)16-11/h1-4H,(H,15,16). The monoisotopic (exact) mass is 346 g/mol. The summed E-state index contributed by atoms with van der Waals surface area (Å²) in [5, 5.41) is 1.05. The van der Waals surface area contributed by atoms with E-state index < -0.39 is 0 Å². The first-order valence-corrected chi connectivity index (χ1v) is 7.10. The Hall–Kier alpha value is -0.550. The van der Waals surface area contributed by atoms with Crippen LogP contribution in [0.3, 0.4) is 0 Å². The number of nitrogens with one attached hydrogen (secondary N) is 1. The smallest absolute Gasteiger partial charge is 0.148 e. The van der Waals surface area contributed by atoms with Gasteiger partial charge >= 0.3 is 0 Å². The van der Waals surface area contributed by atoms with Crippen molar-refractivity contribution in [2.75, 3.05) is 0 Å². The Bertz CT molecular complexity index is 666. The van der Waals surface area contributed by atoms with Crippen molar-refractivity contribution in [2.45, 2.75) is 0 Å². The second-order valence-corrected chi connectivity index (χ2v) is 6.75. The SMILES string of the molecule is Clc1cc2nc(-c3ccc(Br)s3)[nH]c2cc1Cl. The van der Waals surface area contributed by atoms with Gasteiger partial charge in [-0.3, -0.25) is 0 Å². The molecule has 2 aromatic heterocycles. The summed E-state index contributed by atoms with van der Waals surface area (Å²) in [5.74, 6) is 0.828. The zero-order valence-electron chi connectivity index (χ0n) is 8.30. The average molecular weight is 348 g/mol. The molecule has 0 radical (unpaired) electrons. The van der Waals surface area contributed by atoms with Crippen molar-refractivity contribution in [3.8, 4) is 10.7 Å². The van der Waals surface area contributed by atoms with Crippen LogP contribution in [-0.2, 0) is 0 Å². The lowest BCUT2D eigenvalue weighted by Crippen LogP contribution is -1.72. The lowest BCUT2D eigenvalue weighted by molar-refractivity contribution is 1.36. The molecule has 0 atom stereocenters. The van der Waals surface area contributed by atoms with E-state index in [2.05, 4.69) is 25.9 Å². The van der Waals surface area contributed by atoms with Gasteiger partial charge in [-0.25, -0.2) is 4.98 Å². The molecule has 0 fully saturated rings. The van der Waals surface area contributed by atoms with Crippen LogP contribution in [0.1, 0.15) is 0 Å². The molecule has 3 rings (SSSR count). The van der Waals surface area contributed by atoms with E-state index in [0.717, 1.165) is 25.5 Å². The molecule has 0 aliphatic heterocycles. The fourth-order valence-electron chi connectivity index (χ4n) is 1.56.